The molecule has 0 saturated carbocycles. The standard InChI is InChI=1S/C31H49N5O2Si/c1-22(2)39(23(3)4,24(5)6)37-21-27-14-11-19-35(27)31-34-33-30-18-16-28(20-36(30)31)38-25(7)15-17-29(32)26-12-9-8-10-13-26/h8-10,12-13,16,18,20,22-25,27,29H,11,14-15,17,19,21,32H2,1-7H3/t25-,27-,29-/m0/s1. The van der Waals surface area contributed by atoms with Gasteiger partial charge in [0.15, 0.2) is 14.0 Å². The summed E-state index contributed by atoms with van der Waals surface area (Å²) >= 11 is 0. The molecular formula is C31H49N5O2Si. The second-order valence-corrected chi connectivity index (χ2v) is 17.7. The monoisotopic (exact) mass is 551 g/mol. The van der Waals surface area contributed by atoms with Crippen LogP contribution < -0.4 is 15.4 Å². The molecule has 0 bridgehead atoms. The minimum Gasteiger partial charge on any atom is -0.489 e. The van der Waals surface area contributed by atoms with Gasteiger partial charge in [0.25, 0.3) is 0 Å². The van der Waals surface area contributed by atoms with Gasteiger partial charge in [-0.15, -0.1) is 10.2 Å². The predicted molar refractivity (Wildman–Crippen MR) is 163 cm³/mol. The van der Waals surface area contributed by atoms with Crippen LogP contribution in [0.3, 0.4) is 0 Å². The molecule has 1 aromatic carbocycles. The molecular weight excluding hydrogens is 502 g/mol. The smallest absolute Gasteiger partial charge is 0.232 e. The van der Waals surface area contributed by atoms with Crippen LogP contribution in [0.25, 0.3) is 5.65 Å². The molecule has 0 unspecified atom stereocenters. The van der Waals surface area contributed by atoms with E-state index in [1.807, 2.05) is 36.5 Å². The normalized spacial score (nSPS) is 18.0. The fourth-order valence-electron chi connectivity index (χ4n) is 6.71. The van der Waals surface area contributed by atoms with Crippen molar-refractivity contribution in [1.29, 1.82) is 0 Å². The topological polar surface area (TPSA) is 77.9 Å². The lowest BCUT2D eigenvalue weighted by Crippen LogP contribution is -2.50. The molecule has 39 heavy (non-hydrogen) atoms. The number of benzene rings is 1. The molecule has 1 aliphatic heterocycles. The van der Waals surface area contributed by atoms with Gasteiger partial charge in [-0.05, 0) is 66.9 Å². The first-order valence-electron chi connectivity index (χ1n) is 14.9. The molecule has 1 saturated heterocycles. The summed E-state index contributed by atoms with van der Waals surface area (Å²) in [6.45, 7) is 17.9. The van der Waals surface area contributed by atoms with Crippen molar-refractivity contribution < 1.29 is 9.16 Å². The highest BCUT2D eigenvalue weighted by Gasteiger charge is 2.46. The van der Waals surface area contributed by atoms with E-state index in [4.69, 9.17) is 14.9 Å². The number of anilines is 1. The van der Waals surface area contributed by atoms with Gasteiger partial charge in [0.2, 0.25) is 5.95 Å². The Morgan fingerprint density at radius 3 is 2.28 bits per heavy atom. The molecule has 1 fully saturated rings. The minimum atomic E-state index is -1.93. The summed E-state index contributed by atoms with van der Waals surface area (Å²) in [6, 6.07) is 14.6. The van der Waals surface area contributed by atoms with Gasteiger partial charge in [-0.1, -0.05) is 71.9 Å². The molecule has 3 aromatic rings. The number of aromatic nitrogens is 3. The second-order valence-electron chi connectivity index (χ2n) is 12.2. The molecule has 214 valence electrons. The summed E-state index contributed by atoms with van der Waals surface area (Å²) in [5.74, 6) is 1.70. The zero-order valence-corrected chi connectivity index (χ0v) is 26.0. The molecule has 0 radical (unpaired) electrons. The van der Waals surface area contributed by atoms with Crippen LogP contribution in [0.4, 0.5) is 5.95 Å². The van der Waals surface area contributed by atoms with E-state index in [9.17, 15) is 0 Å². The molecule has 0 amide bonds. The number of hydrogen-bond donors (Lipinski definition) is 1. The van der Waals surface area contributed by atoms with Crippen molar-refractivity contribution in [3.05, 3.63) is 54.2 Å². The van der Waals surface area contributed by atoms with E-state index in [1.165, 1.54) is 5.56 Å². The molecule has 4 rings (SSSR count). The zero-order valence-electron chi connectivity index (χ0n) is 25.0. The fraction of sp³-hybridized carbons (Fsp3) is 0.613. The van der Waals surface area contributed by atoms with Crippen molar-refractivity contribution in [3.8, 4) is 5.75 Å². The van der Waals surface area contributed by atoms with Gasteiger partial charge in [-0.3, -0.25) is 4.40 Å². The Hall–Kier alpha value is -2.42. The van der Waals surface area contributed by atoms with Crippen molar-refractivity contribution in [3.63, 3.8) is 0 Å². The Bertz CT molecular complexity index is 1160. The van der Waals surface area contributed by atoms with Crippen LogP contribution in [-0.4, -0.2) is 48.2 Å². The zero-order chi connectivity index (χ0) is 28.2. The van der Waals surface area contributed by atoms with E-state index in [0.29, 0.717) is 22.7 Å². The molecule has 7 nitrogen and oxygen atoms in total. The molecule has 2 N–H and O–H groups in total. The number of nitrogens with zero attached hydrogens (tertiary/aromatic N) is 4. The maximum absolute atomic E-state index is 7.00. The maximum Gasteiger partial charge on any atom is 0.232 e. The quantitative estimate of drug-likeness (QED) is 0.228. The third kappa shape index (κ3) is 6.50. The van der Waals surface area contributed by atoms with Crippen LogP contribution in [0.15, 0.2) is 48.7 Å². The Balaban J connectivity index is 1.44. The summed E-state index contributed by atoms with van der Waals surface area (Å²) in [5, 5.41) is 9.08. The summed E-state index contributed by atoms with van der Waals surface area (Å²) in [7, 11) is -1.93. The van der Waals surface area contributed by atoms with Crippen LogP contribution in [0.5, 0.6) is 5.75 Å². The molecule has 2 aromatic heterocycles. The first kappa shape index (κ1) is 29.6. The minimum absolute atomic E-state index is 0.0161. The Kier molecular flexibility index (Phi) is 9.72. The van der Waals surface area contributed by atoms with Gasteiger partial charge in [-0.2, -0.15) is 0 Å². The van der Waals surface area contributed by atoms with E-state index >= 15 is 0 Å². The largest absolute Gasteiger partial charge is 0.489 e. The lowest BCUT2D eigenvalue weighted by molar-refractivity contribution is 0.203. The van der Waals surface area contributed by atoms with Crippen LogP contribution >= 0.6 is 0 Å². The lowest BCUT2D eigenvalue weighted by atomic mass is 10.0. The average molecular weight is 552 g/mol. The van der Waals surface area contributed by atoms with Crippen molar-refractivity contribution in [2.24, 2.45) is 5.73 Å². The maximum atomic E-state index is 7.00. The van der Waals surface area contributed by atoms with Crippen LogP contribution in [0, 0.1) is 0 Å². The van der Waals surface area contributed by atoms with Crippen LogP contribution in [0.1, 0.15) is 85.8 Å². The van der Waals surface area contributed by atoms with E-state index < -0.39 is 8.32 Å². The van der Waals surface area contributed by atoms with Crippen molar-refractivity contribution in [2.45, 2.75) is 109 Å². The number of hydrogen-bond acceptors (Lipinski definition) is 6. The molecule has 3 atom stereocenters. The van der Waals surface area contributed by atoms with E-state index in [0.717, 1.165) is 56.2 Å². The third-order valence-electron chi connectivity index (χ3n) is 8.67. The SMILES string of the molecule is CC(C)[Si](OC[C@@H]1CCCN1c1nnc2ccc(O[C@@H](C)CC[C@H](N)c3ccccc3)cn12)(C(C)C)C(C)C. The summed E-state index contributed by atoms with van der Waals surface area (Å²) in [4.78, 5) is 2.40. The van der Waals surface area contributed by atoms with Crippen LogP contribution in [0.2, 0.25) is 16.6 Å². The third-order valence-corrected chi connectivity index (χ3v) is 14.8. The number of fused-ring (bicyclic) bond motifs is 1. The number of nitrogens with two attached hydrogens (primary N) is 1. The van der Waals surface area contributed by atoms with E-state index in [1.54, 1.807) is 0 Å². The second kappa shape index (κ2) is 12.8. The van der Waals surface area contributed by atoms with Crippen molar-refractivity contribution in [2.75, 3.05) is 18.1 Å². The van der Waals surface area contributed by atoms with Crippen LogP contribution in [-0.2, 0) is 4.43 Å². The fourth-order valence-corrected chi connectivity index (χ4v) is 12.2. The highest BCUT2D eigenvalue weighted by Crippen LogP contribution is 2.43. The molecule has 3 heterocycles. The predicted octanol–water partition coefficient (Wildman–Crippen LogP) is 7.14. The first-order chi connectivity index (χ1) is 18.6. The van der Waals surface area contributed by atoms with Gasteiger partial charge in [0.05, 0.1) is 24.9 Å². The molecule has 8 heteroatoms. The van der Waals surface area contributed by atoms with Crippen molar-refractivity contribution >= 4 is 19.9 Å². The highest BCUT2D eigenvalue weighted by molar-refractivity contribution is 6.77. The summed E-state index contributed by atoms with van der Waals surface area (Å²) in [6.07, 6.45) is 6.08. The number of rotatable bonds is 13. The van der Waals surface area contributed by atoms with Gasteiger partial charge >= 0.3 is 0 Å². The van der Waals surface area contributed by atoms with E-state index in [-0.39, 0.29) is 12.1 Å². The molecule has 0 aliphatic carbocycles. The molecule has 1 aliphatic rings. The average Bonchev–Trinajstić information content (AvgIpc) is 3.54. The van der Waals surface area contributed by atoms with E-state index in [2.05, 4.69) is 80.1 Å². The molecule has 0 spiro atoms. The Labute approximate surface area is 236 Å². The van der Waals surface area contributed by atoms with Gasteiger partial charge < -0.3 is 19.8 Å². The van der Waals surface area contributed by atoms with Gasteiger partial charge in [-0.25, -0.2) is 0 Å². The summed E-state index contributed by atoms with van der Waals surface area (Å²) in [5.41, 5.74) is 10.1. The highest BCUT2D eigenvalue weighted by atomic mass is 28.4. The lowest BCUT2D eigenvalue weighted by Gasteiger charge is -2.43. The van der Waals surface area contributed by atoms with Gasteiger partial charge in [0, 0.05) is 12.6 Å². The van der Waals surface area contributed by atoms with Gasteiger partial charge in [0.1, 0.15) is 5.75 Å². The number of pyridine rings is 1. The Morgan fingerprint density at radius 2 is 1.62 bits per heavy atom. The first-order valence-corrected chi connectivity index (χ1v) is 17.0. The summed E-state index contributed by atoms with van der Waals surface area (Å²) < 4.78 is 15.4. The number of ether oxygens (including phenoxy) is 1. The van der Waals surface area contributed by atoms with Crippen molar-refractivity contribution in [1.82, 2.24) is 14.6 Å². The Morgan fingerprint density at radius 1 is 0.923 bits per heavy atom.